The van der Waals surface area contributed by atoms with Crippen molar-refractivity contribution in [1.82, 2.24) is 0 Å². The van der Waals surface area contributed by atoms with Crippen LogP contribution in [-0.2, 0) is 0 Å². The van der Waals surface area contributed by atoms with E-state index in [1.165, 1.54) is 57.8 Å². The van der Waals surface area contributed by atoms with Crippen LogP contribution in [-0.4, -0.2) is 0 Å². The zero-order valence-electron chi connectivity index (χ0n) is 15.6. The third kappa shape index (κ3) is 7.14. The molecule has 0 fully saturated rings. The molecule has 2 unspecified atom stereocenters. The monoisotopic (exact) mass is 282 g/mol. The summed E-state index contributed by atoms with van der Waals surface area (Å²) < 4.78 is 0. The molecular formula is C20H42. The molecule has 0 heteroatoms. The highest BCUT2D eigenvalue weighted by atomic mass is 14.4. The van der Waals surface area contributed by atoms with Gasteiger partial charge in [-0.15, -0.1) is 0 Å². The van der Waals surface area contributed by atoms with Crippen LogP contribution in [0, 0.1) is 23.2 Å². The quantitative estimate of drug-likeness (QED) is 0.348. The summed E-state index contributed by atoms with van der Waals surface area (Å²) in [5, 5.41) is 0. The molecule has 0 saturated carbocycles. The molecule has 0 saturated heterocycles. The van der Waals surface area contributed by atoms with Crippen LogP contribution < -0.4 is 0 Å². The van der Waals surface area contributed by atoms with Crippen LogP contribution in [0.2, 0.25) is 0 Å². The Morgan fingerprint density at radius 2 is 1.40 bits per heavy atom. The molecule has 0 N–H and O–H groups in total. The van der Waals surface area contributed by atoms with Crippen molar-refractivity contribution in [3.63, 3.8) is 0 Å². The molecule has 0 aliphatic heterocycles. The molecule has 0 nitrogen and oxygen atoms in total. The van der Waals surface area contributed by atoms with Crippen LogP contribution in [0.1, 0.15) is 106 Å². The second-order valence-corrected chi connectivity index (χ2v) is 7.74. The predicted molar refractivity (Wildman–Crippen MR) is 94.2 cm³/mol. The van der Waals surface area contributed by atoms with Gasteiger partial charge in [0.25, 0.3) is 0 Å². The molecule has 0 aliphatic rings. The molecule has 0 spiro atoms. The van der Waals surface area contributed by atoms with Gasteiger partial charge in [-0.3, -0.25) is 0 Å². The van der Waals surface area contributed by atoms with Gasteiger partial charge in [-0.2, -0.15) is 0 Å². The standard InChI is InChI=1S/C20H42/c1-8-11-14-19(7)20(9-2,10-3)15-12-13-18(6)16-17(4)5/h17-19H,8-16H2,1-7H3. The van der Waals surface area contributed by atoms with E-state index in [4.69, 9.17) is 0 Å². The highest BCUT2D eigenvalue weighted by Gasteiger charge is 2.31. The van der Waals surface area contributed by atoms with Crippen LogP contribution >= 0.6 is 0 Å². The van der Waals surface area contributed by atoms with Crippen LogP contribution in [0.5, 0.6) is 0 Å². The van der Waals surface area contributed by atoms with Gasteiger partial charge < -0.3 is 0 Å². The lowest BCUT2D eigenvalue weighted by Gasteiger charge is -2.38. The van der Waals surface area contributed by atoms with Gasteiger partial charge in [-0.05, 0) is 36.0 Å². The zero-order valence-corrected chi connectivity index (χ0v) is 15.6. The molecule has 20 heavy (non-hydrogen) atoms. The molecule has 0 amide bonds. The van der Waals surface area contributed by atoms with Crippen LogP contribution in [0.4, 0.5) is 0 Å². The minimum atomic E-state index is 0.618. The normalized spacial score (nSPS) is 15.6. The van der Waals surface area contributed by atoms with Crippen LogP contribution in [0.15, 0.2) is 0 Å². The lowest BCUT2D eigenvalue weighted by molar-refractivity contribution is 0.123. The highest BCUT2D eigenvalue weighted by Crippen LogP contribution is 2.43. The van der Waals surface area contributed by atoms with E-state index in [0.717, 1.165) is 17.8 Å². The molecule has 0 radical (unpaired) electrons. The van der Waals surface area contributed by atoms with E-state index in [0.29, 0.717) is 5.41 Å². The Labute approximate surface area is 130 Å². The van der Waals surface area contributed by atoms with Crippen molar-refractivity contribution in [1.29, 1.82) is 0 Å². The molecule has 0 aromatic rings. The number of unbranched alkanes of at least 4 members (excludes halogenated alkanes) is 1. The lowest BCUT2D eigenvalue weighted by atomic mass is 9.67. The zero-order chi connectivity index (χ0) is 15.6. The number of hydrogen-bond donors (Lipinski definition) is 0. The SMILES string of the molecule is CCCCC(C)C(CC)(CC)CCCC(C)CC(C)C. The summed E-state index contributed by atoms with van der Waals surface area (Å²) in [6, 6.07) is 0. The molecule has 0 aliphatic carbocycles. The van der Waals surface area contributed by atoms with Crippen LogP contribution in [0.3, 0.4) is 0 Å². The first kappa shape index (κ1) is 20.0. The summed E-state index contributed by atoms with van der Waals surface area (Å²) in [6.07, 6.45) is 12.6. The van der Waals surface area contributed by atoms with Crippen molar-refractivity contribution in [2.24, 2.45) is 23.2 Å². The van der Waals surface area contributed by atoms with E-state index in [9.17, 15) is 0 Å². The van der Waals surface area contributed by atoms with Crippen molar-refractivity contribution in [3.05, 3.63) is 0 Å². The Bertz CT molecular complexity index is 212. The Balaban J connectivity index is 4.31. The summed E-state index contributed by atoms with van der Waals surface area (Å²) in [7, 11) is 0. The van der Waals surface area contributed by atoms with Gasteiger partial charge in [0.1, 0.15) is 0 Å². The minimum absolute atomic E-state index is 0.618. The maximum Gasteiger partial charge on any atom is -0.0277 e. The fourth-order valence-electron chi connectivity index (χ4n) is 4.09. The Kier molecular flexibility index (Phi) is 10.7. The third-order valence-corrected chi connectivity index (χ3v) is 5.69. The average molecular weight is 283 g/mol. The van der Waals surface area contributed by atoms with Crippen molar-refractivity contribution >= 4 is 0 Å². The van der Waals surface area contributed by atoms with Gasteiger partial charge >= 0.3 is 0 Å². The van der Waals surface area contributed by atoms with Crippen molar-refractivity contribution < 1.29 is 0 Å². The number of rotatable bonds is 12. The third-order valence-electron chi connectivity index (χ3n) is 5.69. The first-order valence-electron chi connectivity index (χ1n) is 9.41. The average Bonchev–Trinajstić information content (AvgIpc) is 2.40. The van der Waals surface area contributed by atoms with Gasteiger partial charge in [-0.25, -0.2) is 0 Å². The maximum atomic E-state index is 2.51. The predicted octanol–water partition coefficient (Wildman–Crippen LogP) is 7.47. The Morgan fingerprint density at radius 1 is 0.800 bits per heavy atom. The summed E-state index contributed by atoms with van der Waals surface area (Å²) in [4.78, 5) is 0. The molecule has 0 aromatic carbocycles. The van der Waals surface area contributed by atoms with E-state index in [1.807, 2.05) is 0 Å². The van der Waals surface area contributed by atoms with E-state index in [1.54, 1.807) is 0 Å². The number of hydrogen-bond acceptors (Lipinski definition) is 0. The maximum absolute atomic E-state index is 2.51. The highest BCUT2D eigenvalue weighted by molar-refractivity contribution is 4.82. The van der Waals surface area contributed by atoms with Gasteiger partial charge in [0.15, 0.2) is 0 Å². The largest absolute Gasteiger partial charge is 0.0654 e. The summed E-state index contributed by atoms with van der Waals surface area (Å²) in [6.45, 7) is 16.8. The fraction of sp³-hybridized carbons (Fsp3) is 1.00. The lowest BCUT2D eigenvalue weighted by Crippen LogP contribution is -2.28. The fourth-order valence-corrected chi connectivity index (χ4v) is 4.09. The van der Waals surface area contributed by atoms with Gasteiger partial charge in [0.05, 0.1) is 0 Å². The molecule has 0 bridgehead atoms. The minimum Gasteiger partial charge on any atom is -0.0654 e. The van der Waals surface area contributed by atoms with E-state index < -0.39 is 0 Å². The molecule has 122 valence electrons. The molecular weight excluding hydrogens is 240 g/mol. The van der Waals surface area contributed by atoms with Crippen LogP contribution in [0.25, 0.3) is 0 Å². The van der Waals surface area contributed by atoms with Crippen molar-refractivity contribution in [3.8, 4) is 0 Å². The van der Waals surface area contributed by atoms with Crippen molar-refractivity contribution in [2.75, 3.05) is 0 Å². The van der Waals surface area contributed by atoms with Gasteiger partial charge in [-0.1, -0.05) is 93.4 Å². The summed E-state index contributed by atoms with van der Waals surface area (Å²) >= 11 is 0. The molecule has 0 rings (SSSR count). The molecule has 0 heterocycles. The summed E-state index contributed by atoms with van der Waals surface area (Å²) in [5.74, 6) is 2.67. The van der Waals surface area contributed by atoms with Gasteiger partial charge in [0.2, 0.25) is 0 Å². The Morgan fingerprint density at radius 3 is 1.85 bits per heavy atom. The molecule has 2 atom stereocenters. The topological polar surface area (TPSA) is 0 Å². The second-order valence-electron chi connectivity index (χ2n) is 7.74. The smallest absolute Gasteiger partial charge is 0.0277 e. The molecule has 0 aromatic heterocycles. The second kappa shape index (κ2) is 10.7. The van der Waals surface area contributed by atoms with Gasteiger partial charge in [0, 0.05) is 0 Å². The van der Waals surface area contributed by atoms with Crippen molar-refractivity contribution in [2.45, 2.75) is 106 Å². The van der Waals surface area contributed by atoms with E-state index in [2.05, 4.69) is 48.5 Å². The Hall–Kier alpha value is 0. The first-order chi connectivity index (χ1) is 9.41. The summed E-state index contributed by atoms with van der Waals surface area (Å²) in [5.41, 5.74) is 0.618. The van der Waals surface area contributed by atoms with E-state index in [-0.39, 0.29) is 0 Å². The first-order valence-corrected chi connectivity index (χ1v) is 9.41. The van der Waals surface area contributed by atoms with E-state index >= 15 is 0 Å².